The number of ether oxygens (including phenoxy) is 1. The standard InChI is InChI=1S/C16H17BrClNO4/c1-10-7-12(23-19-10)5-3-2-4-6-22-15-13(17)8-11(16(20)21)9-14(15)18/h7-9H,2-6H2,1H3,(H,20,21). The number of hydrogen-bond donors (Lipinski definition) is 1. The third-order valence-corrected chi connectivity index (χ3v) is 4.11. The minimum Gasteiger partial charge on any atom is -0.491 e. The lowest BCUT2D eigenvalue weighted by molar-refractivity contribution is 0.0696. The van der Waals surface area contributed by atoms with E-state index in [1.54, 1.807) is 0 Å². The number of halogens is 2. The van der Waals surface area contributed by atoms with Gasteiger partial charge in [0.15, 0.2) is 5.75 Å². The maximum Gasteiger partial charge on any atom is 0.335 e. The Morgan fingerprint density at radius 3 is 2.74 bits per heavy atom. The zero-order valence-electron chi connectivity index (χ0n) is 12.6. The van der Waals surface area contributed by atoms with E-state index in [2.05, 4.69) is 21.1 Å². The molecule has 1 N–H and O–H groups in total. The predicted molar refractivity (Wildman–Crippen MR) is 90.4 cm³/mol. The number of rotatable bonds is 8. The Balaban J connectivity index is 1.75. The molecule has 0 radical (unpaired) electrons. The molecule has 0 saturated heterocycles. The smallest absolute Gasteiger partial charge is 0.335 e. The average molecular weight is 403 g/mol. The maximum absolute atomic E-state index is 10.9. The molecule has 0 aliphatic heterocycles. The van der Waals surface area contributed by atoms with Gasteiger partial charge in [0.25, 0.3) is 0 Å². The second-order valence-electron chi connectivity index (χ2n) is 5.17. The third-order valence-electron chi connectivity index (χ3n) is 3.24. The van der Waals surface area contributed by atoms with Crippen LogP contribution in [0.4, 0.5) is 0 Å². The van der Waals surface area contributed by atoms with Crippen molar-refractivity contribution in [2.24, 2.45) is 0 Å². The molecule has 0 aliphatic carbocycles. The summed E-state index contributed by atoms with van der Waals surface area (Å²) in [6.07, 6.45) is 3.71. The number of carbonyl (C=O) groups is 1. The van der Waals surface area contributed by atoms with Gasteiger partial charge in [0.05, 0.1) is 27.4 Å². The fourth-order valence-electron chi connectivity index (χ4n) is 2.11. The normalized spacial score (nSPS) is 10.7. The van der Waals surface area contributed by atoms with Crippen molar-refractivity contribution in [1.82, 2.24) is 5.16 Å². The van der Waals surface area contributed by atoms with Crippen LogP contribution >= 0.6 is 27.5 Å². The van der Waals surface area contributed by atoms with Gasteiger partial charge in [-0.2, -0.15) is 0 Å². The van der Waals surface area contributed by atoms with Gasteiger partial charge in [-0.15, -0.1) is 0 Å². The molecule has 7 heteroatoms. The van der Waals surface area contributed by atoms with Crippen LogP contribution in [0.3, 0.4) is 0 Å². The molecule has 0 saturated carbocycles. The van der Waals surface area contributed by atoms with Gasteiger partial charge < -0.3 is 14.4 Å². The summed E-state index contributed by atoms with van der Waals surface area (Å²) in [5.74, 6) is 0.350. The topological polar surface area (TPSA) is 72.6 Å². The van der Waals surface area contributed by atoms with Gasteiger partial charge in [0.2, 0.25) is 0 Å². The molecule has 0 amide bonds. The number of aromatic nitrogens is 1. The van der Waals surface area contributed by atoms with Crippen molar-refractivity contribution in [3.63, 3.8) is 0 Å². The number of nitrogens with zero attached hydrogens (tertiary/aromatic N) is 1. The molecule has 5 nitrogen and oxygen atoms in total. The van der Waals surface area contributed by atoms with Crippen LogP contribution in [0.15, 0.2) is 27.2 Å². The summed E-state index contributed by atoms with van der Waals surface area (Å²) in [6, 6.07) is 4.81. The Hall–Kier alpha value is -1.53. The van der Waals surface area contributed by atoms with E-state index in [1.807, 2.05) is 13.0 Å². The molecule has 2 rings (SSSR count). The van der Waals surface area contributed by atoms with Crippen molar-refractivity contribution in [2.75, 3.05) is 6.61 Å². The van der Waals surface area contributed by atoms with Crippen LogP contribution in [0.5, 0.6) is 5.75 Å². The van der Waals surface area contributed by atoms with E-state index in [-0.39, 0.29) is 10.6 Å². The van der Waals surface area contributed by atoms with E-state index in [4.69, 9.17) is 26.0 Å². The molecule has 124 valence electrons. The maximum atomic E-state index is 10.9. The number of carboxylic acids is 1. The zero-order chi connectivity index (χ0) is 16.8. The summed E-state index contributed by atoms with van der Waals surface area (Å²) in [5, 5.41) is 13.1. The van der Waals surface area contributed by atoms with E-state index in [1.165, 1.54) is 12.1 Å². The lowest BCUT2D eigenvalue weighted by atomic mass is 10.1. The van der Waals surface area contributed by atoms with E-state index < -0.39 is 5.97 Å². The van der Waals surface area contributed by atoms with Gasteiger partial charge in [-0.05, 0) is 54.2 Å². The molecular weight excluding hydrogens is 386 g/mol. The van der Waals surface area contributed by atoms with Crippen molar-refractivity contribution < 1.29 is 19.2 Å². The van der Waals surface area contributed by atoms with Crippen LogP contribution in [0.25, 0.3) is 0 Å². The molecule has 1 heterocycles. The minimum atomic E-state index is -1.03. The van der Waals surface area contributed by atoms with E-state index in [0.29, 0.717) is 16.8 Å². The van der Waals surface area contributed by atoms with Gasteiger partial charge in [-0.25, -0.2) is 4.79 Å². The summed E-state index contributed by atoms with van der Waals surface area (Å²) in [4.78, 5) is 10.9. The summed E-state index contributed by atoms with van der Waals surface area (Å²) >= 11 is 9.35. The number of carboxylic acid groups (broad SMARTS) is 1. The van der Waals surface area contributed by atoms with Crippen LogP contribution in [-0.2, 0) is 6.42 Å². The van der Waals surface area contributed by atoms with Gasteiger partial charge in [0.1, 0.15) is 5.76 Å². The number of unbranched alkanes of at least 4 members (excludes halogenated alkanes) is 2. The quantitative estimate of drug-likeness (QED) is 0.636. The largest absolute Gasteiger partial charge is 0.491 e. The predicted octanol–water partition coefficient (Wildman–Crippen LogP) is 4.89. The van der Waals surface area contributed by atoms with Crippen molar-refractivity contribution in [3.8, 4) is 5.75 Å². The second-order valence-corrected chi connectivity index (χ2v) is 6.43. The first-order valence-electron chi connectivity index (χ1n) is 7.24. The van der Waals surface area contributed by atoms with Crippen molar-refractivity contribution in [2.45, 2.75) is 32.6 Å². The molecule has 1 aromatic carbocycles. The fraction of sp³-hybridized carbons (Fsp3) is 0.375. The Kier molecular flexibility index (Phi) is 6.47. The summed E-state index contributed by atoms with van der Waals surface area (Å²) in [5.41, 5.74) is 1.02. The summed E-state index contributed by atoms with van der Waals surface area (Å²) in [7, 11) is 0. The van der Waals surface area contributed by atoms with Crippen molar-refractivity contribution in [1.29, 1.82) is 0 Å². The SMILES string of the molecule is Cc1cc(CCCCCOc2c(Cl)cc(C(=O)O)cc2Br)on1. The first kappa shape index (κ1) is 17.8. The summed E-state index contributed by atoms with van der Waals surface area (Å²) in [6.45, 7) is 2.41. The molecule has 23 heavy (non-hydrogen) atoms. The highest BCUT2D eigenvalue weighted by molar-refractivity contribution is 9.10. The highest BCUT2D eigenvalue weighted by atomic mass is 79.9. The number of benzene rings is 1. The molecule has 0 atom stereocenters. The van der Waals surface area contributed by atoms with Gasteiger partial charge in [-0.1, -0.05) is 16.8 Å². The Labute approximate surface area is 147 Å². The molecular formula is C16H17BrClNO4. The van der Waals surface area contributed by atoms with E-state index >= 15 is 0 Å². The molecule has 1 aromatic heterocycles. The molecule has 2 aromatic rings. The van der Waals surface area contributed by atoms with E-state index in [9.17, 15) is 4.79 Å². The Morgan fingerprint density at radius 2 is 2.13 bits per heavy atom. The Morgan fingerprint density at radius 1 is 1.35 bits per heavy atom. The Bertz CT molecular complexity index is 663. The average Bonchev–Trinajstić information content (AvgIpc) is 2.90. The minimum absolute atomic E-state index is 0.122. The van der Waals surface area contributed by atoms with Crippen molar-refractivity contribution in [3.05, 3.63) is 44.7 Å². The number of aromatic carboxylic acids is 1. The lowest BCUT2D eigenvalue weighted by Crippen LogP contribution is -2.01. The molecule has 0 unspecified atom stereocenters. The zero-order valence-corrected chi connectivity index (χ0v) is 15.0. The number of aryl methyl sites for hydroxylation is 2. The van der Waals surface area contributed by atoms with Crippen LogP contribution in [0.2, 0.25) is 5.02 Å². The highest BCUT2D eigenvalue weighted by Crippen LogP contribution is 2.34. The van der Waals surface area contributed by atoms with Gasteiger partial charge >= 0.3 is 5.97 Å². The van der Waals surface area contributed by atoms with Crippen LogP contribution < -0.4 is 4.74 Å². The van der Waals surface area contributed by atoms with Crippen molar-refractivity contribution >= 4 is 33.5 Å². The number of hydrogen-bond acceptors (Lipinski definition) is 4. The first-order valence-corrected chi connectivity index (χ1v) is 8.42. The van der Waals surface area contributed by atoms with Crippen LogP contribution in [0.1, 0.15) is 41.1 Å². The van der Waals surface area contributed by atoms with Crippen LogP contribution in [0, 0.1) is 6.92 Å². The molecule has 0 spiro atoms. The van der Waals surface area contributed by atoms with E-state index in [0.717, 1.165) is 37.1 Å². The lowest BCUT2D eigenvalue weighted by Gasteiger charge is -2.10. The highest BCUT2D eigenvalue weighted by Gasteiger charge is 2.13. The second kappa shape index (κ2) is 8.36. The molecule has 0 fully saturated rings. The van der Waals surface area contributed by atoms with Gasteiger partial charge in [0, 0.05) is 12.5 Å². The van der Waals surface area contributed by atoms with Crippen LogP contribution in [-0.4, -0.2) is 22.8 Å². The third kappa shape index (κ3) is 5.25. The molecule has 0 aliphatic rings. The summed E-state index contributed by atoms with van der Waals surface area (Å²) < 4.78 is 11.3. The first-order chi connectivity index (χ1) is 11.0. The molecule has 0 bridgehead atoms. The monoisotopic (exact) mass is 401 g/mol. The fourth-order valence-corrected chi connectivity index (χ4v) is 3.07. The van der Waals surface area contributed by atoms with Gasteiger partial charge in [-0.3, -0.25) is 0 Å².